The van der Waals surface area contributed by atoms with E-state index < -0.39 is 0 Å². The van der Waals surface area contributed by atoms with Gasteiger partial charge in [0.25, 0.3) is 0 Å². The molecule has 0 bridgehead atoms. The number of nitrogens with zero attached hydrogens (tertiary/aromatic N) is 2. The monoisotopic (exact) mass is 259 g/mol. The van der Waals surface area contributed by atoms with E-state index in [0.29, 0.717) is 12.6 Å². The normalized spacial score (nSPS) is 10.9. The van der Waals surface area contributed by atoms with E-state index in [4.69, 9.17) is 4.74 Å². The Morgan fingerprint density at radius 2 is 1.95 bits per heavy atom. The van der Waals surface area contributed by atoms with Crippen LogP contribution in [0.5, 0.6) is 5.75 Å². The molecule has 0 atom stereocenters. The summed E-state index contributed by atoms with van der Waals surface area (Å²) in [6, 6.07) is 10.6. The molecule has 1 N–H and O–H groups in total. The molecule has 0 saturated carbocycles. The third-order valence-corrected chi connectivity index (χ3v) is 2.79. The molecule has 0 spiro atoms. The van der Waals surface area contributed by atoms with Crippen LogP contribution in [0.25, 0.3) is 0 Å². The fourth-order valence-electron chi connectivity index (χ4n) is 1.72. The molecule has 0 saturated heterocycles. The van der Waals surface area contributed by atoms with Crippen molar-refractivity contribution in [3.63, 3.8) is 0 Å². The Labute approximate surface area is 114 Å². The lowest BCUT2D eigenvalue weighted by molar-refractivity contribution is 0.300. The average molecular weight is 259 g/mol. The summed E-state index contributed by atoms with van der Waals surface area (Å²) in [5.41, 5.74) is 2.20. The molecule has 0 fully saturated rings. The second kappa shape index (κ2) is 6.38. The maximum atomic E-state index is 5.69. The van der Waals surface area contributed by atoms with Gasteiger partial charge in [-0.3, -0.25) is 4.68 Å². The van der Waals surface area contributed by atoms with Gasteiger partial charge in [-0.05, 0) is 23.8 Å². The van der Waals surface area contributed by atoms with E-state index in [1.807, 2.05) is 31.4 Å². The van der Waals surface area contributed by atoms with Crippen molar-refractivity contribution in [3.05, 3.63) is 47.8 Å². The summed E-state index contributed by atoms with van der Waals surface area (Å²) in [6.45, 7) is 5.68. The van der Waals surface area contributed by atoms with Crippen LogP contribution in [0.3, 0.4) is 0 Å². The molecule has 0 aliphatic heterocycles. The zero-order valence-corrected chi connectivity index (χ0v) is 11.8. The molecule has 4 nitrogen and oxygen atoms in total. The molecule has 19 heavy (non-hydrogen) atoms. The van der Waals surface area contributed by atoms with Crippen LogP contribution >= 0.6 is 0 Å². The second-order valence-corrected chi connectivity index (χ2v) is 4.95. The fourth-order valence-corrected chi connectivity index (χ4v) is 1.72. The van der Waals surface area contributed by atoms with Gasteiger partial charge in [0.1, 0.15) is 12.4 Å². The average Bonchev–Trinajstić information content (AvgIpc) is 2.81. The Bertz CT molecular complexity index is 502. The number of aromatic nitrogens is 2. The van der Waals surface area contributed by atoms with Gasteiger partial charge in [0.2, 0.25) is 0 Å². The summed E-state index contributed by atoms with van der Waals surface area (Å²) in [5, 5.41) is 7.66. The van der Waals surface area contributed by atoms with E-state index >= 15 is 0 Å². The van der Waals surface area contributed by atoms with Crippen molar-refractivity contribution < 1.29 is 4.74 Å². The molecule has 4 heteroatoms. The lowest BCUT2D eigenvalue weighted by Gasteiger charge is -2.09. The van der Waals surface area contributed by atoms with Crippen molar-refractivity contribution in [2.24, 2.45) is 7.05 Å². The van der Waals surface area contributed by atoms with Crippen LogP contribution < -0.4 is 10.1 Å². The predicted octanol–water partition coefficient (Wildman–Crippen LogP) is 2.50. The summed E-state index contributed by atoms with van der Waals surface area (Å²) in [7, 11) is 1.90. The molecule has 0 amide bonds. The van der Waals surface area contributed by atoms with Gasteiger partial charge in [-0.1, -0.05) is 26.0 Å². The third kappa shape index (κ3) is 4.41. The Morgan fingerprint density at radius 3 is 2.53 bits per heavy atom. The van der Waals surface area contributed by atoms with Crippen molar-refractivity contribution in [1.29, 1.82) is 0 Å². The molecule has 0 aliphatic rings. The van der Waals surface area contributed by atoms with Crippen LogP contribution in [0.2, 0.25) is 0 Å². The Balaban J connectivity index is 1.84. The Hall–Kier alpha value is -1.81. The quantitative estimate of drug-likeness (QED) is 0.866. The molecule has 0 radical (unpaired) electrons. The number of hydrogen-bond donors (Lipinski definition) is 1. The number of nitrogens with one attached hydrogen (secondary N) is 1. The molecule has 0 aliphatic carbocycles. The van der Waals surface area contributed by atoms with Crippen molar-refractivity contribution >= 4 is 0 Å². The van der Waals surface area contributed by atoms with Gasteiger partial charge in [-0.25, -0.2) is 0 Å². The topological polar surface area (TPSA) is 39.1 Å². The SMILES string of the molecule is CC(C)NCc1ccc(OCc2ccn(C)n2)cc1. The van der Waals surface area contributed by atoms with Gasteiger partial charge >= 0.3 is 0 Å². The van der Waals surface area contributed by atoms with Gasteiger partial charge in [0.05, 0.1) is 5.69 Å². The zero-order chi connectivity index (χ0) is 13.7. The van der Waals surface area contributed by atoms with E-state index in [9.17, 15) is 0 Å². The fraction of sp³-hybridized carbons (Fsp3) is 0.400. The van der Waals surface area contributed by atoms with E-state index in [1.165, 1.54) is 5.56 Å². The first-order valence-electron chi connectivity index (χ1n) is 6.57. The standard InChI is InChI=1S/C15H21N3O/c1-12(2)16-10-13-4-6-15(7-5-13)19-11-14-8-9-18(3)17-14/h4-9,12,16H,10-11H2,1-3H3. The minimum Gasteiger partial charge on any atom is -0.487 e. The number of hydrogen-bond acceptors (Lipinski definition) is 3. The smallest absolute Gasteiger partial charge is 0.132 e. The van der Waals surface area contributed by atoms with Crippen molar-refractivity contribution in [1.82, 2.24) is 15.1 Å². The van der Waals surface area contributed by atoms with E-state index in [0.717, 1.165) is 18.0 Å². The molecule has 2 rings (SSSR count). The minimum atomic E-state index is 0.500. The molecule has 0 unspecified atom stereocenters. The summed E-state index contributed by atoms with van der Waals surface area (Å²) >= 11 is 0. The molecule has 1 aromatic carbocycles. The van der Waals surface area contributed by atoms with Crippen LogP contribution in [0.15, 0.2) is 36.5 Å². The lowest BCUT2D eigenvalue weighted by atomic mass is 10.2. The lowest BCUT2D eigenvalue weighted by Crippen LogP contribution is -2.21. The van der Waals surface area contributed by atoms with Gasteiger partial charge in [0, 0.05) is 25.8 Å². The summed E-state index contributed by atoms with van der Waals surface area (Å²) in [6.07, 6.45) is 1.92. The highest BCUT2D eigenvalue weighted by Crippen LogP contribution is 2.13. The maximum Gasteiger partial charge on any atom is 0.132 e. The number of aryl methyl sites for hydroxylation is 1. The number of rotatable bonds is 6. The highest BCUT2D eigenvalue weighted by atomic mass is 16.5. The first-order chi connectivity index (χ1) is 9.13. The number of ether oxygens (including phenoxy) is 1. The molecule has 2 aromatic rings. The summed E-state index contributed by atoms with van der Waals surface area (Å²) in [4.78, 5) is 0. The highest BCUT2D eigenvalue weighted by molar-refractivity contribution is 5.27. The van der Waals surface area contributed by atoms with Crippen molar-refractivity contribution in [2.45, 2.75) is 33.0 Å². The van der Waals surface area contributed by atoms with Crippen LogP contribution in [0.1, 0.15) is 25.1 Å². The van der Waals surface area contributed by atoms with Crippen LogP contribution in [0, 0.1) is 0 Å². The second-order valence-electron chi connectivity index (χ2n) is 4.95. The van der Waals surface area contributed by atoms with E-state index in [-0.39, 0.29) is 0 Å². The molecular weight excluding hydrogens is 238 g/mol. The Morgan fingerprint density at radius 1 is 1.21 bits per heavy atom. The zero-order valence-electron chi connectivity index (χ0n) is 11.8. The highest BCUT2D eigenvalue weighted by Gasteiger charge is 2.00. The van der Waals surface area contributed by atoms with E-state index in [1.54, 1.807) is 4.68 Å². The minimum absolute atomic E-state index is 0.500. The van der Waals surface area contributed by atoms with Gasteiger partial charge < -0.3 is 10.1 Å². The largest absolute Gasteiger partial charge is 0.487 e. The van der Waals surface area contributed by atoms with Gasteiger partial charge in [-0.2, -0.15) is 5.10 Å². The van der Waals surface area contributed by atoms with Crippen LogP contribution in [-0.4, -0.2) is 15.8 Å². The first kappa shape index (κ1) is 13.6. The van der Waals surface area contributed by atoms with Gasteiger partial charge in [-0.15, -0.1) is 0 Å². The maximum absolute atomic E-state index is 5.69. The summed E-state index contributed by atoms with van der Waals surface area (Å²) < 4.78 is 7.47. The molecule has 1 aromatic heterocycles. The van der Waals surface area contributed by atoms with Crippen molar-refractivity contribution in [2.75, 3.05) is 0 Å². The Kier molecular flexibility index (Phi) is 4.58. The predicted molar refractivity (Wildman–Crippen MR) is 76.0 cm³/mol. The van der Waals surface area contributed by atoms with E-state index in [2.05, 4.69) is 36.4 Å². The number of benzene rings is 1. The van der Waals surface area contributed by atoms with Crippen molar-refractivity contribution in [3.8, 4) is 5.75 Å². The third-order valence-electron chi connectivity index (χ3n) is 2.79. The van der Waals surface area contributed by atoms with Crippen LogP contribution in [-0.2, 0) is 20.2 Å². The van der Waals surface area contributed by atoms with Gasteiger partial charge in [0.15, 0.2) is 0 Å². The summed E-state index contributed by atoms with van der Waals surface area (Å²) in [5.74, 6) is 0.874. The first-order valence-corrected chi connectivity index (χ1v) is 6.57. The van der Waals surface area contributed by atoms with Crippen LogP contribution in [0.4, 0.5) is 0 Å². The molecule has 1 heterocycles. The molecule has 102 valence electrons. The molecular formula is C15H21N3O.